The summed E-state index contributed by atoms with van der Waals surface area (Å²) in [5.41, 5.74) is 0. The molecule has 0 aliphatic carbocycles. The minimum Gasteiger partial charge on any atom is -0.392 e. The number of hydrogen-bond donors (Lipinski definition) is 1. The van der Waals surface area contributed by atoms with E-state index < -0.39 is 0 Å². The quantitative estimate of drug-likeness (QED) is 0.436. The standard InChI is InChI=1S/C15H28O/c1-4-7-9-11-13-15(16)14(6-3)12-10-8-5-2/h3,14-16H,4-5,7-13H2,1-2H3/t14-,15+/m1/s1. The molecule has 0 heterocycles. The molecule has 0 aromatic carbocycles. The zero-order valence-electron chi connectivity index (χ0n) is 11.0. The van der Waals surface area contributed by atoms with Gasteiger partial charge in [0.2, 0.25) is 0 Å². The molecule has 0 aliphatic heterocycles. The minimum atomic E-state index is -0.279. The van der Waals surface area contributed by atoms with E-state index >= 15 is 0 Å². The highest BCUT2D eigenvalue weighted by Gasteiger charge is 2.15. The molecule has 0 aromatic heterocycles. The molecule has 94 valence electrons. The molecule has 1 nitrogen and oxygen atoms in total. The number of hydrogen-bond acceptors (Lipinski definition) is 1. The summed E-state index contributed by atoms with van der Waals surface area (Å²) >= 11 is 0. The second kappa shape index (κ2) is 11.0. The van der Waals surface area contributed by atoms with Crippen LogP contribution in [0.4, 0.5) is 0 Å². The van der Waals surface area contributed by atoms with Crippen molar-refractivity contribution in [2.45, 2.75) is 77.7 Å². The molecule has 0 amide bonds. The first-order valence-electron chi connectivity index (χ1n) is 6.90. The topological polar surface area (TPSA) is 20.2 Å². The molecule has 0 saturated carbocycles. The molecular weight excluding hydrogens is 196 g/mol. The van der Waals surface area contributed by atoms with Crippen LogP contribution < -0.4 is 0 Å². The Morgan fingerprint density at radius 2 is 1.50 bits per heavy atom. The molecule has 0 saturated heterocycles. The van der Waals surface area contributed by atoms with Crippen molar-refractivity contribution in [3.8, 4) is 12.3 Å². The summed E-state index contributed by atoms with van der Waals surface area (Å²) in [6.07, 6.45) is 15.5. The highest BCUT2D eigenvalue weighted by molar-refractivity contribution is 4.96. The molecule has 0 bridgehead atoms. The van der Waals surface area contributed by atoms with E-state index in [0.717, 1.165) is 25.7 Å². The van der Waals surface area contributed by atoms with Crippen molar-refractivity contribution >= 4 is 0 Å². The Kier molecular flexibility index (Phi) is 10.7. The van der Waals surface area contributed by atoms with Gasteiger partial charge in [0.1, 0.15) is 0 Å². The first-order chi connectivity index (χ1) is 7.76. The fraction of sp³-hybridized carbons (Fsp3) is 0.867. The van der Waals surface area contributed by atoms with Crippen LogP contribution in [0.1, 0.15) is 71.6 Å². The summed E-state index contributed by atoms with van der Waals surface area (Å²) in [5, 5.41) is 9.97. The summed E-state index contributed by atoms with van der Waals surface area (Å²) in [6.45, 7) is 4.39. The van der Waals surface area contributed by atoms with Gasteiger partial charge in [-0.2, -0.15) is 0 Å². The fourth-order valence-electron chi connectivity index (χ4n) is 1.98. The average Bonchev–Trinajstić information content (AvgIpc) is 2.30. The fourth-order valence-corrected chi connectivity index (χ4v) is 1.98. The van der Waals surface area contributed by atoms with Gasteiger partial charge in [0.25, 0.3) is 0 Å². The van der Waals surface area contributed by atoms with E-state index in [0.29, 0.717) is 0 Å². The van der Waals surface area contributed by atoms with Gasteiger partial charge in [-0.15, -0.1) is 12.3 Å². The first kappa shape index (κ1) is 15.5. The van der Waals surface area contributed by atoms with Gasteiger partial charge in [-0.25, -0.2) is 0 Å². The maximum atomic E-state index is 9.97. The monoisotopic (exact) mass is 224 g/mol. The van der Waals surface area contributed by atoms with E-state index in [9.17, 15) is 5.11 Å². The SMILES string of the molecule is C#C[C@H](CCCCC)[C@@H](O)CCCCCC. The molecule has 0 radical (unpaired) electrons. The normalized spacial score (nSPS) is 14.4. The predicted molar refractivity (Wildman–Crippen MR) is 71.2 cm³/mol. The maximum absolute atomic E-state index is 9.97. The van der Waals surface area contributed by atoms with Gasteiger partial charge < -0.3 is 5.11 Å². The third-order valence-electron chi connectivity index (χ3n) is 3.15. The van der Waals surface area contributed by atoms with Gasteiger partial charge in [0.05, 0.1) is 6.10 Å². The Labute approximate surface area is 102 Å². The van der Waals surface area contributed by atoms with Gasteiger partial charge in [-0.1, -0.05) is 58.8 Å². The molecule has 0 fully saturated rings. The van der Waals surface area contributed by atoms with Gasteiger partial charge >= 0.3 is 0 Å². The lowest BCUT2D eigenvalue weighted by atomic mass is 9.92. The summed E-state index contributed by atoms with van der Waals surface area (Å²) in [7, 11) is 0. The molecule has 0 rings (SSSR count). The molecule has 1 N–H and O–H groups in total. The Hall–Kier alpha value is -0.480. The first-order valence-corrected chi connectivity index (χ1v) is 6.90. The summed E-state index contributed by atoms with van der Waals surface area (Å²) < 4.78 is 0. The zero-order chi connectivity index (χ0) is 12.2. The average molecular weight is 224 g/mol. The largest absolute Gasteiger partial charge is 0.392 e. The lowest BCUT2D eigenvalue weighted by Crippen LogP contribution is -2.18. The number of terminal acetylenes is 1. The van der Waals surface area contributed by atoms with Crippen molar-refractivity contribution in [2.75, 3.05) is 0 Å². The Bertz CT molecular complexity index is 180. The Morgan fingerprint density at radius 3 is 2.06 bits per heavy atom. The third-order valence-corrected chi connectivity index (χ3v) is 3.15. The van der Waals surface area contributed by atoms with E-state index in [1.165, 1.54) is 32.1 Å². The highest BCUT2D eigenvalue weighted by Crippen LogP contribution is 2.18. The van der Waals surface area contributed by atoms with E-state index in [4.69, 9.17) is 6.42 Å². The molecular formula is C15H28O. The second-order valence-electron chi connectivity index (χ2n) is 4.69. The van der Waals surface area contributed by atoms with Crippen molar-refractivity contribution in [2.24, 2.45) is 5.92 Å². The number of rotatable bonds is 10. The Morgan fingerprint density at radius 1 is 0.938 bits per heavy atom. The van der Waals surface area contributed by atoms with E-state index in [1.54, 1.807) is 0 Å². The lowest BCUT2D eigenvalue weighted by molar-refractivity contribution is 0.116. The summed E-state index contributed by atoms with van der Waals surface area (Å²) in [4.78, 5) is 0. The van der Waals surface area contributed by atoms with Crippen LogP contribution in [0.2, 0.25) is 0 Å². The summed E-state index contributed by atoms with van der Waals surface area (Å²) in [6, 6.07) is 0. The zero-order valence-corrected chi connectivity index (χ0v) is 11.0. The van der Waals surface area contributed by atoms with E-state index in [-0.39, 0.29) is 12.0 Å². The predicted octanol–water partition coefficient (Wildman–Crippen LogP) is 4.15. The van der Waals surface area contributed by atoms with Crippen molar-refractivity contribution in [1.29, 1.82) is 0 Å². The molecule has 1 heteroatoms. The molecule has 0 aromatic rings. The number of aliphatic hydroxyl groups excluding tert-OH is 1. The van der Waals surface area contributed by atoms with Crippen molar-refractivity contribution < 1.29 is 5.11 Å². The molecule has 0 spiro atoms. The smallest absolute Gasteiger partial charge is 0.0677 e. The molecule has 0 unspecified atom stereocenters. The number of aliphatic hydroxyl groups is 1. The highest BCUT2D eigenvalue weighted by atomic mass is 16.3. The molecule has 16 heavy (non-hydrogen) atoms. The lowest BCUT2D eigenvalue weighted by Gasteiger charge is -2.17. The van der Waals surface area contributed by atoms with Gasteiger partial charge in [-0.05, 0) is 12.8 Å². The molecule has 0 aliphatic rings. The van der Waals surface area contributed by atoms with Gasteiger partial charge in [0.15, 0.2) is 0 Å². The van der Waals surface area contributed by atoms with Crippen LogP contribution in [0.3, 0.4) is 0 Å². The van der Waals surface area contributed by atoms with Gasteiger partial charge in [-0.3, -0.25) is 0 Å². The van der Waals surface area contributed by atoms with E-state index in [1.807, 2.05) is 0 Å². The maximum Gasteiger partial charge on any atom is 0.0677 e. The van der Waals surface area contributed by atoms with Crippen LogP contribution in [0.15, 0.2) is 0 Å². The van der Waals surface area contributed by atoms with Crippen molar-refractivity contribution in [3.05, 3.63) is 0 Å². The van der Waals surface area contributed by atoms with Gasteiger partial charge in [0, 0.05) is 5.92 Å². The third kappa shape index (κ3) is 7.77. The number of unbranched alkanes of at least 4 members (excludes halogenated alkanes) is 5. The van der Waals surface area contributed by atoms with Crippen LogP contribution >= 0.6 is 0 Å². The molecule has 2 atom stereocenters. The summed E-state index contributed by atoms with van der Waals surface area (Å²) in [5.74, 6) is 2.83. The Balaban J connectivity index is 3.65. The van der Waals surface area contributed by atoms with Crippen LogP contribution in [-0.2, 0) is 0 Å². The van der Waals surface area contributed by atoms with Crippen LogP contribution in [-0.4, -0.2) is 11.2 Å². The minimum absolute atomic E-state index is 0.0770. The van der Waals surface area contributed by atoms with E-state index in [2.05, 4.69) is 19.8 Å². The second-order valence-corrected chi connectivity index (χ2v) is 4.69. The van der Waals surface area contributed by atoms with Crippen LogP contribution in [0.25, 0.3) is 0 Å². The van der Waals surface area contributed by atoms with Crippen molar-refractivity contribution in [1.82, 2.24) is 0 Å². The van der Waals surface area contributed by atoms with Crippen molar-refractivity contribution in [3.63, 3.8) is 0 Å². The van der Waals surface area contributed by atoms with Crippen LogP contribution in [0.5, 0.6) is 0 Å². The van der Waals surface area contributed by atoms with Crippen LogP contribution in [0, 0.1) is 18.3 Å².